The Morgan fingerprint density at radius 2 is 1.86 bits per heavy atom. The molecule has 8 heteroatoms. The lowest BCUT2D eigenvalue weighted by molar-refractivity contribution is -0.133. The second-order valence-corrected chi connectivity index (χ2v) is 7.49. The maximum atomic E-state index is 13.8. The lowest BCUT2D eigenvalue weighted by atomic mass is 9.98. The molecule has 0 unspecified atom stereocenters. The molecule has 2 aliphatic rings. The minimum absolute atomic E-state index is 0.0671. The number of benzene rings is 1. The van der Waals surface area contributed by atoms with E-state index in [1.807, 2.05) is 4.90 Å². The summed E-state index contributed by atoms with van der Waals surface area (Å²) in [5, 5.41) is 4.00. The standard InChI is InChI=1S/C20H26FN5O2/c21-18-3-1-2-4-19(18)28-17-7-11-24(12-8-17)16-5-9-25(10-6-16)20(27)13-26-15-22-14-23-26/h1-4,14-17H,5-13H2. The second-order valence-electron chi connectivity index (χ2n) is 7.49. The first-order valence-electron chi connectivity index (χ1n) is 9.94. The summed E-state index contributed by atoms with van der Waals surface area (Å²) >= 11 is 0. The third kappa shape index (κ3) is 4.49. The van der Waals surface area contributed by atoms with Crippen LogP contribution in [0.4, 0.5) is 4.39 Å². The van der Waals surface area contributed by atoms with Crippen LogP contribution in [0.2, 0.25) is 0 Å². The molecule has 150 valence electrons. The van der Waals surface area contributed by atoms with Gasteiger partial charge in [-0.2, -0.15) is 5.10 Å². The maximum Gasteiger partial charge on any atom is 0.244 e. The quantitative estimate of drug-likeness (QED) is 0.785. The van der Waals surface area contributed by atoms with E-state index in [4.69, 9.17) is 4.74 Å². The van der Waals surface area contributed by atoms with Gasteiger partial charge in [0.15, 0.2) is 11.6 Å². The highest BCUT2D eigenvalue weighted by molar-refractivity contribution is 5.75. The van der Waals surface area contributed by atoms with Gasteiger partial charge in [0.25, 0.3) is 0 Å². The van der Waals surface area contributed by atoms with Crippen molar-refractivity contribution in [3.63, 3.8) is 0 Å². The number of amides is 1. The van der Waals surface area contributed by atoms with Gasteiger partial charge in [0, 0.05) is 32.2 Å². The molecule has 1 amide bonds. The molecule has 0 radical (unpaired) electrons. The molecule has 2 fully saturated rings. The van der Waals surface area contributed by atoms with Gasteiger partial charge in [0.2, 0.25) is 5.91 Å². The van der Waals surface area contributed by atoms with Crippen molar-refractivity contribution in [3.8, 4) is 5.75 Å². The Morgan fingerprint density at radius 1 is 1.11 bits per heavy atom. The first-order valence-corrected chi connectivity index (χ1v) is 9.94. The van der Waals surface area contributed by atoms with Gasteiger partial charge in [0.05, 0.1) is 0 Å². The highest BCUT2D eigenvalue weighted by atomic mass is 19.1. The Bertz CT molecular complexity index is 769. The summed E-state index contributed by atoms with van der Waals surface area (Å²) in [5.74, 6) is 0.147. The van der Waals surface area contributed by atoms with Crippen LogP contribution in [0, 0.1) is 5.82 Å². The summed E-state index contributed by atoms with van der Waals surface area (Å²) in [6.45, 7) is 3.73. The molecular weight excluding hydrogens is 361 g/mol. The van der Waals surface area contributed by atoms with Crippen LogP contribution in [0.1, 0.15) is 25.7 Å². The number of halogens is 1. The molecule has 28 heavy (non-hydrogen) atoms. The van der Waals surface area contributed by atoms with E-state index in [0.29, 0.717) is 11.8 Å². The highest BCUT2D eigenvalue weighted by Crippen LogP contribution is 2.25. The third-order valence-electron chi connectivity index (χ3n) is 5.70. The predicted molar refractivity (Wildman–Crippen MR) is 101 cm³/mol. The smallest absolute Gasteiger partial charge is 0.244 e. The predicted octanol–water partition coefficient (Wildman–Crippen LogP) is 1.95. The summed E-state index contributed by atoms with van der Waals surface area (Å²) in [7, 11) is 0. The number of nitrogens with zero attached hydrogens (tertiary/aromatic N) is 5. The van der Waals surface area contributed by atoms with Crippen molar-refractivity contribution >= 4 is 5.91 Å². The second kappa shape index (κ2) is 8.68. The zero-order chi connectivity index (χ0) is 19.3. The molecule has 2 aliphatic heterocycles. The number of ether oxygens (including phenoxy) is 1. The highest BCUT2D eigenvalue weighted by Gasteiger charge is 2.30. The normalized spacial score (nSPS) is 19.7. The molecule has 2 aromatic rings. The molecule has 0 aliphatic carbocycles. The summed E-state index contributed by atoms with van der Waals surface area (Å²) in [4.78, 5) is 20.7. The lowest BCUT2D eigenvalue weighted by Gasteiger charge is -2.41. The summed E-state index contributed by atoms with van der Waals surface area (Å²) in [6, 6.07) is 7.10. The van der Waals surface area contributed by atoms with Gasteiger partial charge in [-0.15, -0.1) is 0 Å². The minimum atomic E-state index is -0.298. The van der Waals surface area contributed by atoms with Crippen molar-refractivity contribution in [3.05, 3.63) is 42.7 Å². The summed E-state index contributed by atoms with van der Waals surface area (Å²) in [6.07, 6.45) is 6.86. The van der Waals surface area contributed by atoms with E-state index in [9.17, 15) is 9.18 Å². The van der Waals surface area contributed by atoms with Crippen LogP contribution < -0.4 is 4.74 Å². The fraction of sp³-hybridized carbons (Fsp3) is 0.550. The Balaban J connectivity index is 1.21. The van der Waals surface area contributed by atoms with E-state index in [0.717, 1.165) is 51.9 Å². The molecule has 2 saturated heterocycles. The first-order chi connectivity index (χ1) is 13.7. The first kappa shape index (κ1) is 18.9. The van der Waals surface area contributed by atoms with Gasteiger partial charge in [-0.3, -0.25) is 9.69 Å². The zero-order valence-corrected chi connectivity index (χ0v) is 15.9. The van der Waals surface area contributed by atoms with Gasteiger partial charge in [-0.25, -0.2) is 14.1 Å². The Labute approximate surface area is 164 Å². The van der Waals surface area contributed by atoms with Crippen molar-refractivity contribution in [1.82, 2.24) is 24.6 Å². The van der Waals surface area contributed by atoms with Crippen LogP contribution in [-0.2, 0) is 11.3 Å². The minimum Gasteiger partial charge on any atom is -0.487 e. The van der Waals surface area contributed by atoms with Crippen LogP contribution in [0.3, 0.4) is 0 Å². The fourth-order valence-corrected chi connectivity index (χ4v) is 4.11. The number of aromatic nitrogens is 3. The largest absolute Gasteiger partial charge is 0.487 e. The van der Waals surface area contributed by atoms with E-state index in [1.165, 1.54) is 12.4 Å². The molecule has 7 nitrogen and oxygen atoms in total. The van der Waals surface area contributed by atoms with Crippen molar-refractivity contribution in [1.29, 1.82) is 0 Å². The molecule has 4 rings (SSSR count). The maximum absolute atomic E-state index is 13.8. The average Bonchev–Trinajstić information content (AvgIpc) is 3.23. The fourth-order valence-electron chi connectivity index (χ4n) is 4.11. The van der Waals surface area contributed by atoms with Crippen LogP contribution in [-0.4, -0.2) is 68.8 Å². The number of likely N-dealkylation sites (tertiary alicyclic amines) is 2. The third-order valence-corrected chi connectivity index (χ3v) is 5.70. The molecular formula is C20H26FN5O2. The van der Waals surface area contributed by atoms with Crippen molar-refractivity contribution in [2.45, 2.75) is 44.4 Å². The van der Waals surface area contributed by atoms with Crippen molar-refractivity contribution in [2.75, 3.05) is 26.2 Å². The van der Waals surface area contributed by atoms with Crippen LogP contribution in [0.5, 0.6) is 5.75 Å². The Morgan fingerprint density at radius 3 is 2.54 bits per heavy atom. The van der Waals surface area contributed by atoms with E-state index in [-0.39, 0.29) is 24.4 Å². The number of para-hydroxylation sites is 1. The molecule has 3 heterocycles. The van der Waals surface area contributed by atoms with Crippen LogP contribution >= 0.6 is 0 Å². The molecule has 0 spiro atoms. The summed E-state index contributed by atoms with van der Waals surface area (Å²) in [5.41, 5.74) is 0. The number of hydrogen-bond acceptors (Lipinski definition) is 5. The average molecular weight is 387 g/mol. The number of carbonyl (C=O) groups excluding carboxylic acids is 1. The van der Waals surface area contributed by atoms with Gasteiger partial charge in [-0.1, -0.05) is 12.1 Å². The number of rotatable bonds is 5. The molecule has 1 aromatic heterocycles. The monoisotopic (exact) mass is 387 g/mol. The van der Waals surface area contributed by atoms with E-state index in [1.54, 1.807) is 29.2 Å². The Hall–Kier alpha value is -2.48. The summed E-state index contributed by atoms with van der Waals surface area (Å²) < 4.78 is 21.2. The van der Waals surface area contributed by atoms with E-state index in [2.05, 4.69) is 15.0 Å². The van der Waals surface area contributed by atoms with Gasteiger partial charge in [0.1, 0.15) is 25.3 Å². The van der Waals surface area contributed by atoms with Gasteiger partial charge in [-0.05, 0) is 37.8 Å². The number of carbonyl (C=O) groups is 1. The van der Waals surface area contributed by atoms with Gasteiger partial charge < -0.3 is 9.64 Å². The number of hydrogen-bond donors (Lipinski definition) is 0. The molecule has 0 saturated carbocycles. The van der Waals surface area contributed by atoms with Crippen molar-refractivity contribution in [2.24, 2.45) is 0 Å². The van der Waals surface area contributed by atoms with E-state index < -0.39 is 0 Å². The SMILES string of the molecule is O=C(Cn1cncn1)N1CCC(N2CCC(Oc3ccccc3F)CC2)CC1. The molecule has 0 N–H and O–H groups in total. The van der Waals surface area contributed by atoms with Gasteiger partial charge >= 0.3 is 0 Å². The molecule has 0 atom stereocenters. The number of piperidine rings is 2. The Kier molecular flexibility index (Phi) is 5.85. The van der Waals surface area contributed by atoms with Crippen molar-refractivity contribution < 1.29 is 13.9 Å². The topological polar surface area (TPSA) is 63.5 Å². The molecule has 0 bridgehead atoms. The lowest BCUT2D eigenvalue weighted by Crippen LogP contribution is -2.50. The van der Waals surface area contributed by atoms with Crippen LogP contribution in [0.15, 0.2) is 36.9 Å². The van der Waals surface area contributed by atoms with E-state index >= 15 is 0 Å². The van der Waals surface area contributed by atoms with Crippen LogP contribution in [0.25, 0.3) is 0 Å². The molecule has 1 aromatic carbocycles. The zero-order valence-electron chi connectivity index (χ0n) is 15.9.